The van der Waals surface area contributed by atoms with E-state index in [1.54, 1.807) is 20.3 Å². The molecule has 0 aliphatic carbocycles. The molecule has 1 aromatic carbocycles. The summed E-state index contributed by atoms with van der Waals surface area (Å²) in [6, 6.07) is 8.16. The SMILES string of the molecule is Cl[I-]Sc1nc2ccccc2s1. The Balaban J connectivity index is 2.47. The van der Waals surface area contributed by atoms with E-state index in [1.165, 1.54) is 4.70 Å². The van der Waals surface area contributed by atoms with Crippen molar-refractivity contribution in [1.29, 1.82) is 0 Å². The molecule has 2 rings (SSSR count). The first-order chi connectivity index (χ1) is 5.90. The zero-order chi connectivity index (χ0) is 8.39. The topological polar surface area (TPSA) is 12.9 Å². The molecule has 0 saturated heterocycles. The van der Waals surface area contributed by atoms with Crippen LogP contribution in [-0.2, 0) is 0 Å². The van der Waals surface area contributed by atoms with Gasteiger partial charge in [-0.05, 0) is 0 Å². The first-order valence-corrected chi connectivity index (χ1v) is 10.1. The molecule has 0 aliphatic heterocycles. The number of para-hydroxylation sites is 1. The van der Waals surface area contributed by atoms with Crippen LogP contribution in [0.15, 0.2) is 28.6 Å². The quantitative estimate of drug-likeness (QED) is 0.747. The van der Waals surface area contributed by atoms with Crippen LogP contribution in [0.3, 0.4) is 0 Å². The number of thiazole rings is 1. The summed E-state index contributed by atoms with van der Waals surface area (Å²) in [4.78, 5) is 4.43. The van der Waals surface area contributed by atoms with E-state index in [9.17, 15) is 0 Å². The fourth-order valence-electron chi connectivity index (χ4n) is 0.909. The van der Waals surface area contributed by atoms with E-state index in [-0.39, 0.29) is 18.7 Å². The first-order valence-electron chi connectivity index (χ1n) is 3.18. The Kier molecular flexibility index (Phi) is 3.11. The number of hydrogen-bond donors (Lipinski definition) is 0. The molecule has 0 unspecified atom stereocenters. The van der Waals surface area contributed by atoms with Gasteiger partial charge < -0.3 is 0 Å². The Morgan fingerprint density at radius 1 is 1.42 bits per heavy atom. The Morgan fingerprint density at radius 3 is 3.00 bits per heavy atom. The Hall–Kier alpha value is 0.480. The molecule has 0 radical (unpaired) electrons. The van der Waals surface area contributed by atoms with Gasteiger partial charge in [0, 0.05) is 0 Å². The second-order valence-corrected chi connectivity index (χ2v) is 8.70. The van der Waals surface area contributed by atoms with Crippen LogP contribution in [0.4, 0.5) is 0 Å². The molecule has 5 heteroatoms. The third-order valence-electron chi connectivity index (χ3n) is 1.37. The minimum absolute atomic E-state index is 0.272. The molecule has 0 saturated carbocycles. The number of aromatic nitrogens is 1. The van der Waals surface area contributed by atoms with Gasteiger partial charge in [0.25, 0.3) is 0 Å². The normalized spacial score (nSPS) is 11.1. The van der Waals surface area contributed by atoms with E-state index < -0.39 is 0 Å². The average Bonchev–Trinajstić information content (AvgIpc) is 2.47. The van der Waals surface area contributed by atoms with Gasteiger partial charge in [-0.2, -0.15) is 0 Å². The molecule has 0 spiro atoms. The van der Waals surface area contributed by atoms with Crippen LogP contribution in [0.5, 0.6) is 0 Å². The van der Waals surface area contributed by atoms with E-state index in [1.807, 2.05) is 18.2 Å². The number of hydrogen-bond acceptors (Lipinski definition) is 3. The minimum atomic E-state index is -0.272. The van der Waals surface area contributed by atoms with Crippen molar-refractivity contribution in [3.8, 4) is 0 Å². The van der Waals surface area contributed by atoms with E-state index in [4.69, 9.17) is 8.91 Å². The van der Waals surface area contributed by atoms with Crippen molar-refractivity contribution in [3.63, 3.8) is 0 Å². The van der Waals surface area contributed by atoms with Gasteiger partial charge in [0.05, 0.1) is 0 Å². The van der Waals surface area contributed by atoms with Crippen LogP contribution in [0.1, 0.15) is 0 Å². The summed E-state index contributed by atoms with van der Waals surface area (Å²) in [6.45, 7) is 0. The zero-order valence-electron chi connectivity index (χ0n) is 5.83. The van der Waals surface area contributed by atoms with Crippen molar-refractivity contribution in [2.75, 3.05) is 0 Å². The number of rotatable bonds is 2. The van der Waals surface area contributed by atoms with Gasteiger partial charge in [-0.3, -0.25) is 0 Å². The van der Waals surface area contributed by atoms with E-state index in [0.717, 1.165) is 9.86 Å². The van der Waals surface area contributed by atoms with E-state index in [2.05, 4.69) is 11.1 Å². The maximum absolute atomic E-state index is 5.70. The molecular formula is C7H4ClINS2-. The molecule has 0 amide bonds. The van der Waals surface area contributed by atoms with Crippen molar-refractivity contribution < 1.29 is 18.7 Å². The Bertz CT molecular complexity index is 357. The fourth-order valence-corrected chi connectivity index (χ4v) is 6.16. The number of nitrogens with zero attached hydrogens (tertiary/aromatic N) is 1. The summed E-state index contributed by atoms with van der Waals surface area (Å²) in [5.41, 5.74) is 1.08. The zero-order valence-corrected chi connectivity index (χ0v) is 10.4. The predicted molar refractivity (Wildman–Crippen MR) is 51.3 cm³/mol. The van der Waals surface area contributed by atoms with Gasteiger partial charge in [0.15, 0.2) is 0 Å². The molecule has 0 aliphatic rings. The predicted octanol–water partition coefficient (Wildman–Crippen LogP) is 0.546. The second-order valence-electron chi connectivity index (χ2n) is 2.08. The third kappa shape index (κ3) is 1.86. The van der Waals surface area contributed by atoms with Crippen LogP contribution in [-0.4, -0.2) is 4.98 Å². The van der Waals surface area contributed by atoms with Crippen molar-refractivity contribution in [2.24, 2.45) is 0 Å². The van der Waals surface area contributed by atoms with Crippen LogP contribution >= 0.6 is 29.2 Å². The molecule has 0 atom stereocenters. The van der Waals surface area contributed by atoms with Gasteiger partial charge in [-0.1, -0.05) is 0 Å². The Labute approximate surface area is 90.9 Å². The van der Waals surface area contributed by atoms with Crippen LogP contribution in [0.2, 0.25) is 0 Å². The number of benzene rings is 1. The average molecular weight is 329 g/mol. The van der Waals surface area contributed by atoms with Crippen molar-refractivity contribution in [3.05, 3.63) is 24.3 Å². The Morgan fingerprint density at radius 2 is 2.25 bits per heavy atom. The molecular weight excluding hydrogens is 325 g/mol. The molecule has 2 aromatic rings. The van der Waals surface area contributed by atoms with Gasteiger partial charge in [-0.15, -0.1) is 0 Å². The summed E-state index contributed by atoms with van der Waals surface area (Å²) < 4.78 is 2.34. The van der Waals surface area contributed by atoms with E-state index >= 15 is 0 Å². The third-order valence-corrected chi connectivity index (χ3v) is 6.80. The van der Waals surface area contributed by atoms with Crippen LogP contribution < -0.4 is 18.7 Å². The monoisotopic (exact) mass is 328 g/mol. The van der Waals surface area contributed by atoms with Gasteiger partial charge in [-0.25, -0.2) is 0 Å². The summed E-state index contributed by atoms with van der Waals surface area (Å²) in [7, 11) is 7.39. The molecule has 1 aromatic heterocycles. The molecule has 12 heavy (non-hydrogen) atoms. The summed E-state index contributed by atoms with van der Waals surface area (Å²) in [6.07, 6.45) is 0. The van der Waals surface area contributed by atoms with Crippen LogP contribution in [0.25, 0.3) is 10.2 Å². The molecule has 64 valence electrons. The van der Waals surface area contributed by atoms with Crippen molar-refractivity contribution in [1.82, 2.24) is 4.98 Å². The molecule has 0 fully saturated rings. The maximum atomic E-state index is 5.70. The fraction of sp³-hybridized carbons (Fsp3) is 0. The molecule has 0 bridgehead atoms. The molecule has 0 N–H and O–H groups in total. The molecule has 1 nitrogen and oxygen atoms in total. The van der Waals surface area contributed by atoms with Gasteiger partial charge in [0.1, 0.15) is 0 Å². The summed E-state index contributed by atoms with van der Waals surface area (Å²) in [5, 5.41) is 0. The van der Waals surface area contributed by atoms with Crippen molar-refractivity contribution >= 4 is 39.4 Å². The number of fused-ring (bicyclic) bond motifs is 1. The summed E-state index contributed by atoms with van der Waals surface area (Å²) in [5.74, 6) is 0. The van der Waals surface area contributed by atoms with Gasteiger partial charge in [0.2, 0.25) is 0 Å². The molecule has 1 heterocycles. The second kappa shape index (κ2) is 4.13. The first kappa shape index (κ1) is 9.05. The van der Waals surface area contributed by atoms with Crippen molar-refractivity contribution in [2.45, 2.75) is 4.34 Å². The number of halogens is 2. The summed E-state index contributed by atoms with van der Waals surface area (Å²) >= 11 is 1.44. The standard InChI is InChI=1S/C7H4ClINS2/c8-9-12-7-10-5-3-1-2-4-6(5)11-7/h1-4H/q-1. The van der Waals surface area contributed by atoms with Gasteiger partial charge >= 0.3 is 91.7 Å². The van der Waals surface area contributed by atoms with E-state index in [0.29, 0.717) is 0 Å². The van der Waals surface area contributed by atoms with Crippen LogP contribution in [0, 0.1) is 0 Å².